The van der Waals surface area contributed by atoms with Crippen molar-refractivity contribution in [2.45, 2.75) is 6.42 Å². The largest absolute Gasteiger partial charge is 0.272 e. The van der Waals surface area contributed by atoms with E-state index in [0.717, 1.165) is 0 Å². The van der Waals surface area contributed by atoms with E-state index in [-0.39, 0.29) is 12.3 Å². The minimum atomic E-state index is -0.309. The first-order valence-electron chi connectivity index (χ1n) is 3.08. The molecule has 1 aromatic rings. The first-order chi connectivity index (χ1) is 5.33. The Bertz CT molecular complexity index is 258. The van der Waals surface area contributed by atoms with Crippen molar-refractivity contribution in [3.8, 4) is 0 Å². The van der Waals surface area contributed by atoms with Crippen LogP contribution in [0.2, 0.25) is 0 Å². The molecule has 0 aromatic carbocycles. The van der Waals surface area contributed by atoms with Crippen LogP contribution in [0.5, 0.6) is 0 Å². The van der Waals surface area contributed by atoms with Crippen LogP contribution < -0.4 is 0 Å². The average molecular weight is 149 g/mol. The quantitative estimate of drug-likeness (QED) is 0.566. The molecule has 1 aromatic heterocycles. The van der Waals surface area contributed by atoms with Crippen LogP contribution in [0.4, 0.5) is 0 Å². The van der Waals surface area contributed by atoms with Crippen molar-refractivity contribution in [1.82, 2.24) is 9.97 Å². The predicted molar refractivity (Wildman–Crippen MR) is 40.3 cm³/mol. The maximum Gasteiger partial charge on any atom is 0.252 e. The minimum Gasteiger partial charge on any atom is -0.272 e. The van der Waals surface area contributed by atoms with Gasteiger partial charge in [-0.3, -0.25) is 4.79 Å². The first kappa shape index (κ1) is 7.53. The zero-order valence-electron chi connectivity index (χ0n) is 5.90. The first-order valence-corrected chi connectivity index (χ1v) is 3.08. The number of rotatable bonds is 2. The highest BCUT2D eigenvalue weighted by molar-refractivity contribution is 5.81. The molecular formula is C7H7N3O. The van der Waals surface area contributed by atoms with Gasteiger partial charge in [0.15, 0.2) is 0 Å². The molecule has 1 rings (SSSR count). The van der Waals surface area contributed by atoms with Crippen molar-refractivity contribution in [1.29, 1.82) is 0 Å². The van der Waals surface area contributed by atoms with Gasteiger partial charge in [-0.2, -0.15) is 0 Å². The molecule has 4 nitrogen and oxygen atoms in total. The van der Waals surface area contributed by atoms with E-state index in [0.29, 0.717) is 5.82 Å². The highest BCUT2D eigenvalue weighted by atomic mass is 16.1. The zero-order valence-corrected chi connectivity index (χ0v) is 5.90. The Morgan fingerprint density at radius 2 is 2.18 bits per heavy atom. The van der Waals surface area contributed by atoms with Crippen LogP contribution in [0.1, 0.15) is 5.82 Å². The molecule has 0 atom stereocenters. The SMILES string of the molecule is C=NC(=O)Cc1ncccn1. The highest BCUT2D eigenvalue weighted by Gasteiger charge is 2.00. The van der Waals surface area contributed by atoms with Crippen LogP contribution in [-0.2, 0) is 11.2 Å². The molecule has 0 aliphatic rings. The Morgan fingerprint density at radius 1 is 1.55 bits per heavy atom. The summed E-state index contributed by atoms with van der Waals surface area (Å²) in [6, 6.07) is 1.69. The maximum atomic E-state index is 10.7. The molecule has 0 saturated carbocycles. The summed E-state index contributed by atoms with van der Waals surface area (Å²) >= 11 is 0. The van der Waals surface area contributed by atoms with Gasteiger partial charge in [0, 0.05) is 12.4 Å². The molecule has 0 aliphatic carbocycles. The third kappa shape index (κ3) is 2.25. The molecule has 0 bridgehead atoms. The van der Waals surface area contributed by atoms with E-state index in [1.807, 2.05) is 0 Å². The van der Waals surface area contributed by atoms with Crippen LogP contribution in [0.15, 0.2) is 23.5 Å². The fourth-order valence-electron chi connectivity index (χ4n) is 0.612. The van der Waals surface area contributed by atoms with Crippen molar-refractivity contribution in [3.63, 3.8) is 0 Å². The van der Waals surface area contributed by atoms with Gasteiger partial charge in [0.05, 0.1) is 6.42 Å². The third-order valence-corrected chi connectivity index (χ3v) is 1.10. The molecular weight excluding hydrogens is 142 g/mol. The van der Waals surface area contributed by atoms with E-state index in [1.165, 1.54) is 0 Å². The summed E-state index contributed by atoms with van der Waals surface area (Å²) in [5.41, 5.74) is 0. The second kappa shape index (κ2) is 3.55. The lowest BCUT2D eigenvalue weighted by molar-refractivity contribution is -0.117. The Labute approximate surface area is 64.0 Å². The van der Waals surface area contributed by atoms with Crippen molar-refractivity contribution in [2.24, 2.45) is 4.99 Å². The van der Waals surface area contributed by atoms with Gasteiger partial charge in [0.1, 0.15) is 5.82 Å². The number of amides is 1. The highest BCUT2D eigenvalue weighted by Crippen LogP contribution is 1.90. The predicted octanol–water partition coefficient (Wildman–Crippen LogP) is 0.246. The number of hydrogen-bond acceptors (Lipinski definition) is 3. The van der Waals surface area contributed by atoms with E-state index >= 15 is 0 Å². The van der Waals surface area contributed by atoms with Gasteiger partial charge in [0.2, 0.25) is 0 Å². The fraction of sp³-hybridized carbons (Fsp3) is 0.143. The Kier molecular flexibility index (Phi) is 2.43. The van der Waals surface area contributed by atoms with Crippen molar-refractivity contribution in [3.05, 3.63) is 24.3 Å². The zero-order chi connectivity index (χ0) is 8.10. The van der Waals surface area contributed by atoms with Crippen molar-refractivity contribution < 1.29 is 4.79 Å². The van der Waals surface area contributed by atoms with Crippen LogP contribution in [0.25, 0.3) is 0 Å². The molecule has 0 saturated heterocycles. The summed E-state index contributed by atoms with van der Waals surface area (Å²) in [5.74, 6) is 0.168. The van der Waals surface area contributed by atoms with Gasteiger partial charge in [0.25, 0.3) is 5.91 Å². The van der Waals surface area contributed by atoms with Crippen LogP contribution in [0.3, 0.4) is 0 Å². The molecule has 1 amide bonds. The Morgan fingerprint density at radius 3 is 2.73 bits per heavy atom. The smallest absolute Gasteiger partial charge is 0.252 e. The Balaban J connectivity index is 2.65. The van der Waals surface area contributed by atoms with E-state index < -0.39 is 0 Å². The number of carbonyl (C=O) groups is 1. The molecule has 4 heteroatoms. The van der Waals surface area contributed by atoms with Crippen LogP contribution in [0, 0.1) is 0 Å². The van der Waals surface area contributed by atoms with E-state index in [1.54, 1.807) is 18.5 Å². The lowest BCUT2D eigenvalue weighted by atomic mass is 10.4. The van der Waals surface area contributed by atoms with E-state index in [9.17, 15) is 4.79 Å². The number of hydrogen-bond donors (Lipinski definition) is 0. The average Bonchev–Trinajstić information content (AvgIpc) is 2.06. The minimum absolute atomic E-state index is 0.129. The second-order valence-corrected chi connectivity index (χ2v) is 1.89. The summed E-state index contributed by atoms with van der Waals surface area (Å²) in [6.45, 7) is 3.10. The van der Waals surface area contributed by atoms with Crippen LogP contribution in [-0.4, -0.2) is 22.6 Å². The normalized spacial score (nSPS) is 9.09. The van der Waals surface area contributed by atoms with Gasteiger partial charge < -0.3 is 0 Å². The standard InChI is InChI=1S/C7H7N3O/c1-8-7(11)5-6-9-3-2-4-10-6/h2-4H,1,5H2. The number of aliphatic imine (C=N–C) groups is 1. The Hall–Kier alpha value is -1.58. The van der Waals surface area contributed by atoms with E-state index in [4.69, 9.17) is 0 Å². The van der Waals surface area contributed by atoms with Gasteiger partial charge in [-0.25, -0.2) is 15.0 Å². The van der Waals surface area contributed by atoms with E-state index in [2.05, 4.69) is 21.7 Å². The number of aromatic nitrogens is 2. The van der Waals surface area contributed by atoms with Crippen molar-refractivity contribution >= 4 is 12.6 Å². The molecule has 0 unspecified atom stereocenters. The van der Waals surface area contributed by atoms with Crippen LogP contribution >= 0.6 is 0 Å². The molecule has 11 heavy (non-hydrogen) atoms. The number of carbonyl (C=O) groups excluding carboxylic acids is 1. The number of nitrogens with zero attached hydrogens (tertiary/aromatic N) is 3. The topological polar surface area (TPSA) is 55.2 Å². The summed E-state index contributed by atoms with van der Waals surface area (Å²) < 4.78 is 0. The van der Waals surface area contributed by atoms with Gasteiger partial charge in [-0.1, -0.05) is 0 Å². The monoisotopic (exact) mass is 149 g/mol. The summed E-state index contributed by atoms with van der Waals surface area (Å²) in [6.07, 6.45) is 3.29. The third-order valence-electron chi connectivity index (χ3n) is 1.10. The molecule has 0 spiro atoms. The van der Waals surface area contributed by atoms with Gasteiger partial charge in [-0.05, 0) is 12.8 Å². The molecule has 0 radical (unpaired) electrons. The summed E-state index contributed by atoms with van der Waals surface area (Å²) in [5, 5.41) is 0. The van der Waals surface area contributed by atoms with Crippen molar-refractivity contribution in [2.75, 3.05) is 0 Å². The molecule has 0 N–H and O–H groups in total. The summed E-state index contributed by atoms with van der Waals surface area (Å²) in [7, 11) is 0. The lowest BCUT2D eigenvalue weighted by Gasteiger charge is -1.91. The molecule has 1 heterocycles. The molecule has 56 valence electrons. The lowest BCUT2D eigenvalue weighted by Crippen LogP contribution is -2.02. The molecule has 0 aliphatic heterocycles. The summed E-state index contributed by atoms with van der Waals surface area (Å²) in [4.78, 5) is 21.6. The second-order valence-electron chi connectivity index (χ2n) is 1.89. The van der Waals surface area contributed by atoms with Gasteiger partial charge in [-0.15, -0.1) is 0 Å². The molecule has 0 fully saturated rings. The van der Waals surface area contributed by atoms with Gasteiger partial charge >= 0.3 is 0 Å². The maximum absolute atomic E-state index is 10.7. The fourth-order valence-corrected chi connectivity index (χ4v) is 0.612.